The second kappa shape index (κ2) is 5.71. The molecule has 1 fully saturated rings. The summed E-state index contributed by atoms with van der Waals surface area (Å²) < 4.78 is 28.1. The van der Waals surface area contributed by atoms with Crippen LogP contribution in [-0.4, -0.2) is 45.0 Å². The Morgan fingerprint density at radius 3 is 2.70 bits per heavy atom. The molecule has 2 atom stereocenters. The molecule has 1 amide bonds. The van der Waals surface area contributed by atoms with Crippen molar-refractivity contribution in [2.75, 3.05) is 13.7 Å². The average Bonchev–Trinajstić information content (AvgIpc) is 2.82. The maximum atomic E-state index is 12.4. The van der Waals surface area contributed by atoms with E-state index in [4.69, 9.17) is 15.4 Å². The summed E-state index contributed by atoms with van der Waals surface area (Å²) in [5.74, 6) is -0.241. The van der Waals surface area contributed by atoms with E-state index in [1.165, 1.54) is 18.2 Å². The minimum atomic E-state index is -3.84. The van der Waals surface area contributed by atoms with Gasteiger partial charge in [0.25, 0.3) is 15.0 Å². The highest BCUT2D eigenvalue weighted by Crippen LogP contribution is 2.22. The molecule has 1 saturated heterocycles. The molecule has 7 heteroatoms. The van der Waals surface area contributed by atoms with Gasteiger partial charge in [0.1, 0.15) is 0 Å². The van der Waals surface area contributed by atoms with Gasteiger partial charge in [-0.15, -0.1) is 0 Å². The van der Waals surface area contributed by atoms with E-state index in [2.05, 4.69) is 0 Å². The van der Waals surface area contributed by atoms with E-state index in [-0.39, 0.29) is 22.9 Å². The second-order valence-electron chi connectivity index (χ2n) is 4.81. The lowest BCUT2D eigenvalue weighted by molar-refractivity contribution is 0.0574. The fourth-order valence-electron chi connectivity index (χ4n) is 2.36. The van der Waals surface area contributed by atoms with Gasteiger partial charge in [-0.05, 0) is 31.5 Å². The topological polar surface area (TPSA) is 63.7 Å². The molecule has 0 bridgehead atoms. The van der Waals surface area contributed by atoms with Gasteiger partial charge in [-0.3, -0.25) is 4.79 Å². The zero-order chi connectivity index (χ0) is 14.9. The van der Waals surface area contributed by atoms with Crippen molar-refractivity contribution >= 4 is 25.6 Å². The minimum Gasteiger partial charge on any atom is -0.376 e. The fourth-order valence-corrected chi connectivity index (χ4v) is 3.16. The Balaban J connectivity index is 2.25. The third kappa shape index (κ3) is 3.13. The van der Waals surface area contributed by atoms with Gasteiger partial charge in [0.2, 0.25) is 0 Å². The lowest BCUT2D eigenvalue weighted by Gasteiger charge is -2.26. The molecule has 2 rings (SSSR count). The molecule has 1 aliphatic heterocycles. The van der Waals surface area contributed by atoms with E-state index in [1.807, 2.05) is 6.92 Å². The Hall–Kier alpha value is -1.11. The number of halogens is 1. The lowest BCUT2D eigenvalue weighted by Crippen LogP contribution is -2.41. The third-order valence-corrected chi connectivity index (χ3v) is 4.87. The highest BCUT2D eigenvalue weighted by molar-refractivity contribution is 8.13. The first kappa shape index (κ1) is 15.3. The van der Waals surface area contributed by atoms with Crippen molar-refractivity contribution in [3.05, 3.63) is 29.8 Å². The summed E-state index contributed by atoms with van der Waals surface area (Å²) in [6.45, 7) is 2.54. The van der Waals surface area contributed by atoms with Crippen LogP contribution in [-0.2, 0) is 13.8 Å². The van der Waals surface area contributed by atoms with Crippen LogP contribution < -0.4 is 0 Å². The zero-order valence-electron chi connectivity index (χ0n) is 11.2. The van der Waals surface area contributed by atoms with Crippen LogP contribution in [0.15, 0.2) is 29.2 Å². The maximum absolute atomic E-state index is 12.4. The summed E-state index contributed by atoms with van der Waals surface area (Å²) in [5.41, 5.74) is 0.299. The van der Waals surface area contributed by atoms with Crippen molar-refractivity contribution in [3.8, 4) is 0 Å². The highest BCUT2D eigenvalue weighted by atomic mass is 35.7. The van der Waals surface area contributed by atoms with Gasteiger partial charge >= 0.3 is 0 Å². The van der Waals surface area contributed by atoms with Crippen molar-refractivity contribution in [1.29, 1.82) is 0 Å². The van der Waals surface area contributed by atoms with Gasteiger partial charge in [0, 0.05) is 29.9 Å². The molecular formula is C13H16ClNO4S. The van der Waals surface area contributed by atoms with E-state index in [1.54, 1.807) is 18.0 Å². The predicted molar refractivity (Wildman–Crippen MR) is 75.4 cm³/mol. The maximum Gasteiger partial charge on any atom is 0.261 e. The quantitative estimate of drug-likeness (QED) is 0.798. The number of amides is 1. The van der Waals surface area contributed by atoms with Crippen LogP contribution in [0.5, 0.6) is 0 Å². The van der Waals surface area contributed by atoms with Gasteiger partial charge in [-0.2, -0.15) is 0 Å². The van der Waals surface area contributed by atoms with E-state index in [0.717, 1.165) is 6.42 Å². The number of rotatable bonds is 3. The zero-order valence-corrected chi connectivity index (χ0v) is 12.8. The molecule has 20 heavy (non-hydrogen) atoms. The first-order chi connectivity index (χ1) is 9.30. The number of carbonyl (C=O) groups is 1. The van der Waals surface area contributed by atoms with E-state index in [0.29, 0.717) is 12.2 Å². The Morgan fingerprint density at radius 2 is 2.15 bits per heavy atom. The lowest BCUT2D eigenvalue weighted by atomic mass is 10.1. The van der Waals surface area contributed by atoms with Crippen molar-refractivity contribution < 1.29 is 17.9 Å². The van der Waals surface area contributed by atoms with E-state index < -0.39 is 9.05 Å². The second-order valence-corrected chi connectivity index (χ2v) is 7.38. The van der Waals surface area contributed by atoms with Crippen molar-refractivity contribution in [2.24, 2.45) is 0 Å². The number of ether oxygens (including phenoxy) is 1. The largest absolute Gasteiger partial charge is 0.376 e. The number of carbonyl (C=O) groups excluding carboxylic acids is 1. The molecule has 2 unspecified atom stereocenters. The van der Waals surface area contributed by atoms with Gasteiger partial charge in [0.05, 0.1) is 17.0 Å². The Bertz CT molecular complexity index is 617. The molecule has 0 radical (unpaired) electrons. The molecule has 1 aromatic rings. The smallest absolute Gasteiger partial charge is 0.261 e. The normalized spacial score (nSPS) is 22.8. The molecule has 1 heterocycles. The van der Waals surface area contributed by atoms with Gasteiger partial charge in [-0.1, -0.05) is 6.07 Å². The number of benzene rings is 1. The van der Waals surface area contributed by atoms with Gasteiger partial charge in [0.15, 0.2) is 0 Å². The molecule has 0 spiro atoms. The van der Waals surface area contributed by atoms with Crippen LogP contribution in [0.3, 0.4) is 0 Å². The average molecular weight is 318 g/mol. The number of likely N-dealkylation sites (N-methyl/N-ethyl adjacent to an activating group) is 1. The standard InChI is InChI=1S/C13H16ClNO4S/c1-9-12(6-7-19-9)15(2)13(16)10-4-3-5-11(8-10)20(14,17)18/h3-5,8-9,12H,6-7H2,1-2H3. The van der Waals surface area contributed by atoms with Crippen LogP contribution >= 0.6 is 10.7 Å². The van der Waals surface area contributed by atoms with Crippen LogP contribution in [0.1, 0.15) is 23.7 Å². The monoisotopic (exact) mass is 317 g/mol. The molecule has 110 valence electrons. The first-order valence-electron chi connectivity index (χ1n) is 6.24. The van der Waals surface area contributed by atoms with Gasteiger partial charge in [-0.25, -0.2) is 8.42 Å². The molecule has 5 nitrogen and oxygen atoms in total. The summed E-state index contributed by atoms with van der Waals surface area (Å²) in [6.07, 6.45) is 0.751. The van der Waals surface area contributed by atoms with E-state index >= 15 is 0 Å². The molecule has 0 aliphatic carbocycles. The SMILES string of the molecule is CC1OCCC1N(C)C(=O)c1cccc(S(=O)(=O)Cl)c1. The molecular weight excluding hydrogens is 302 g/mol. The van der Waals surface area contributed by atoms with Crippen LogP contribution in [0.2, 0.25) is 0 Å². The first-order valence-corrected chi connectivity index (χ1v) is 8.55. The summed E-state index contributed by atoms with van der Waals surface area (Å²) in [4.78, 5) is 13.9. The molecule has 0 aromatic heterocycles. The third-order valence-electron chi connectivity index (χ3n) is 3.52. The van der Waals surface area contributed by atoms with E-state index in [9.17, 15) is 13.2 Å². The van der Waals surface area contributed by atoms with Crippen molar-refractivity contribution in [3.63, 3.8) is 0 Å². The fraction of sp³-hybridized carbons (Fsp3) is 0.462. The minimum absolute atomic E-state index is 0.00114. The number of nitrogens with zero attached hydrogens (tertiary/aromatic N) is 1. The number of hydrogen-bond donors (Lipinski definition) is 0. The summed E-state index contributed by atoms with van der Waals surface area (Å²) in [5, 5.41) is 0. The highest BCUT2D eigenvalue weighted by Gasteiger charge is 2.31. The van der Waals surface area contributed by atoms with Crippen molar-refractivity contribution in [2.45, 2.75) is 30.4 Å². The Labute approximate surface area is 122 Å². The number of hydrogen-bond acceptors (Lipinski definition) is 4. The summed E-state index contributed by atoms with van der Waals surface area (Å²) >= 11 is 0. The molecule has 0 N–H and O–H groups in total. The van der Waals surface area contributed by atoms with Crippen LogP contribution in [0, 0.1) is 0 Å². The molecule has 0 saturated carbocycles. The molecule has 1 aliphatic rings. The van der Waals surface area contributed by atoms with Gasteiger partial charge < -0.3 is 9.64 Å². The summed E-state index contributed by atoms with van der Waals surface area (Å²) in [6, 6.07) is 5.73. The summed E-state index contributed by atoms with van der Waals surface area (Å²) in [7, 11) is 3.15. The Kier molecular flexibility index (Phi) is 4.36. The predicted octanol–water partition coefficient (Wildman–Crippen LogP) is 1.86. The van der Waals surface area contributed by atoms with Crippen LogP contribution in [0.25, 0.3) is 0 Å². The molecule has 1 aromatic carbocycles. The Morgan fingerprint density at radius 1 is 1.45 bits per heavy atom. The van der Waals surface area contributed by atoms with Crippen LogP contribution in [0.4, 0.5) is 0 Å². The van der Waals surface area contributed by atoms with Crippen molar-refractivity contribution in [1.82, 2.24) is 4.90 Å².